The van der Waals surface area contributed by atoms with E-state index in [0.29, 0.717) is 0 Å². The molecule has 0 bridgehead atoms. The number of benzene rings is 1. The summed E-state index contributed by atoms with van der Waals surface area (Å²) in [6.45, 7) is 2.83. The fourth-order valence-corrected chi connectivity index (χ4v) is 1.38. The Morgan fingerprint density at radius 3 is 2.29 bits per heavy atom. The summed E-state index contributed by atoms with van der Waals surface area (Å²) >= 11 is 0. The van der Waals surface area contributed by atoms with Crippen LogP contribution in [0.3, 0.4) is 0 Å². The molecular formula is C12H16N2. The number of aryl methyl sites for hydroxylation is 1. The molecule has 0 aliphatic heterocycles. The Hall–Kier alpha value is -1.33. The van der Waals surface area contributed by atoms with Crippen LogP contribution in [0.4, 0.5) is 0 Å². The first-order valence-corrected chi connectivity index (χ1v) is 4.74. The van der Waals surface area contributed by atoms with Gasteiger partial charge < -0.3 is 4.90 Å². The van der Waals surface area contributed by atoms with Gasteiger partial charge in [0, 0.05) is 6.54 Å². The van der Waals surface area contributed by atoms with Gasteiger partial charge in [-0.25, -0.2) is 0 Å². The minimum absolute atomic E-state index is 0.0226. The van der Waals surface area contributed by atoms with Gasteiger partial charge in [0.05, 0.1) is 12.0 Å². The Bertz CT molecular complexity index is 319. The van der Waals surface area contributed by atoms with E-state index in [-0.39, 0.29) is 5.92 Å². The molecule has 0 radical (unpaired) electrons. The second kappa shape index (κ2) is 4.78. The first-order valence-electron chi connectivity index (χ1n) is 4.74. The van der Waals surface area contributed by atoms with Crippen LogP contribution in [0.2, 0.25) is 0 Å². The first kappa shape index (κ1) is 10.7. The van der Waals surface area contributed by atoms with Crippen molar-refractivity contribution in [3.05, 3.63) is 35.4 Å². The lowest BCUT2D eigenvalue weighted by molar-refractivity contribution is 0.398. The molecule has 0 heterocycles. The van der Waals surface area contributed by atoms with Gasteiger partial charge in [-0.3, -0.25) is 0 Å². The van der Waals surface area contributed by atoms with E-state index in [2.05, 4.69) is 25.1 Å². The van der Waals surface area contributed by atoms with Crippen molar-refractivity contribution >= 4 is 0 Å². The number of nitrogens with zero attached hydrogens (tertiary/aromatic N) is 2. The molecule has 1 unspecified atom stereocenters. The van der Waals surface area contributed by atoms with E-state index in [1.165, 1.54) is 5.56 Å². The molecule has 1 aromatic carbocycles. The normalized spacial score (nSPS) is 12.5. The highest BCUT2D eigenvalue weighted by atomic mass is 15.1. The van der Waals surface area contributed by atoms with Gasteiger partial charge in [-0.1, -0.05) is 29.8 Å². The number of hydrogen-bond acceptors (Lipinski definition) is 2. The highest BCUT2D eigenvalue weighted by Gasteiger charge is 2.10. The standard InChI is InChI=1S/C12H16N2/c1-10-4-6-11(7-5-10)12(8-13)9-14(2)3/h4-7,12H,9H2,1-3H3. The summed E-state index contributed by atoms with van der Waals surface area (Å²) in [5.74, 6) is -0.0226. The molecule has 74 valence electrons. The van der Waals surface area contributed by atoms with Crippen molar-refractivity contribution in [1.82, 2.24) is 4.90 Å². The molecule has 2 nitrogen and oxygen atoms in total. The molecule has 14 heavy (non-hydrogen) atoms. The largest absolute Gasteiger partial charge is 0.308 e. The maximum Gasteiger partial charge on any atom is 0.0839 e. The summed E-state index contributed by atoms with van der Waals surface area (Å²) in [4.78, 5) is 2.04. The molecule has 0 fully saturated rings. The third kappa shape index (κ3) is 2.86. The van der Waals surface area contributed by atoms with Crippen molar-refractivity contribution < 1.29 is 0 Å². The van der Waals surface area contributed by atoms with E-state index in [0.717, 1.165) is 12.1 Å². The van der Waals surface area contributed by atoms with Crippen molar-refractivity contribution in [3.63, 3.8) is 0 Å². The molecule has 1 atom stereocenters. The van der Waals surface area contributed by atoms with Crippen LogP contribution in [0.15, 0.2) is 24.3 Å². The van der Waals surface area contributed by atoms with E-state index >= 15 is 0 Å². The van der Waals surface area contributed by atoms with Crippen LogP contribution in [-0.2, 0) is 0 Å². The summed E-state index contributed by atoms with van der Waals surface area (Å²) in [6.07, 6.45) is 0. The molecule has 0 aliphatic carbocycles. The van der Waals surface area contributed by atoms with Gasteiger partial charge in [0.2, 0.25) is 0 Å². The van der Waals surface area contributed by atoms with Gasteiger partial charge in [0.1, 0.15) is 0 Å². The summed E-state index contributed by atoms with van der Waals surface area (Å²) in [6, 6.07) is 10.5. The molecule has 0 aliphatic rings. The zero-order chi connectivity index (χ0) is 10.6. The zero-order valence-corrected chi connectivity index (χ0v) is 8.99. The summed E-state index contributed by atoms with van der Waals surface area (Å²) in [5, 5.41) is 9.02. The molecule has 0 N–H and O–H groups in total. The van der Waals surface area contributed by atoms with Crippen LogP contribution in [0.1, 0.15) is 17.0 Å². The Kier molecular flexibility index (Phi) is 3.67. The van der Waals surface area contributed by atoms with Crippen molar-refractivity contribution in [2.75, 3.05) is 20.6 Å². The SMILES string of the molecule is Cc1ccc(C(C#N)CN(C)C)cc1. The van der Waals surface area contributed by atoms with Crippen molar-refractivity contribution in [3.8, 4) is 6.07 Å². The van der Waals surface area contributed by atoms with E-state index in [4.69, 9.17) is 5.26 Å². The molecule has 0 spiro atoms. The molecule has 1 rings (SSSR count). The van der Waals surface area contributed by atoms with Crippen molar-refractivity contribution in [1.29, 1.82) is 5.26 Å². The maximum atomic E-state index is 9.02. The van der Waals surface area contributed by atoms with Gasteiger partial charge in [-0.15, -0.1) is 0 Å². The van der Waals surface area contributed by atoms with E-state index in [1.807, 2.05) is 31.1 Å². The van der Waals surface area contributed by atoms with Crippen LogP contribution in [0.25, 0.3) is 0 Å². The van der Waals surface area contributed by atoms with Crippen LogP contribution in [-0.4, -0.2) is 25.5 Å². The lowest BCUT2D eigenvalue weighted by atomic mass is 9.99. The minimum atomic E-state index is -0.0226. The average Bonchev–Trinajstić information content (AvgIpc) is 2.15. The Morgan fingerprint density at radius 1 is 1.29 bits per heavy atom. The highest BCUT2D eigenvalue weighted by molar-refractivity contribution is 5.28. The van der Waals surface area contributed by atoms with Gasteiger partial charge in [0.25, 0.3) is 0 Å². The van der Waals surface area contributed by atoms with Gasteiger partial charge in [-0.05, 0) is 26.6 Å². The summed E-state index contributed by atoms with van der Waals surface area (Å²) < 4.78 is 0. The molecule has 0 aromatic heterocycles. The van der Waals surface area contributed by atoms with E-state index in [1.54, 1.807) is 0 Å². The van der Waals surface area contributed by atoms with Crippen LogP contribution in [0, 0.1) is 18.3 Å². The third-order valence-corrected chi connectivity index (χ3v) is 2.18. The topological polar surface area (TPSA) is 27.0 Å². The van der Waals surface area contributed by atoms with Crippen LogP contribution < -0.4 is 0 Å². The number of nitriles is 1. The first-order chi connectivity index (χ1) is 6.63. The Morgan fingerprint density at radius 2 is 1.86 bits per heavy atom. The van der Waals surface area contributed by atoms with Crippen LogP contribution in [0.5, 0.6) is 0 Å². The third-order valence-electron chi connectivity index (χ3n) is 2.18. The molecular weight excluding hydrogens is 172 g/mol. The smallest absolute Gasteiger partial charge is 0.0839 e. The maximum absolute atomic E-state index is 9.02. The lowest BCUT2D eigenvalue weighted by Crippen LogP contribution is -2.19. The predicted molar refractivity (Wildman–Crippen MR) is 58.1 cm³/mol. The fraction of sp³-hybridized carbons (Fsp3) is 0.417. The molecule has 2 heteroatoms. The fourth-order valence-electron chi connectivity index (χ4n) is 1.38. The number of likely N-dealkylation sites (N-methyl/N-ethyl adjacent to an activating group) is 1. The molecule has 1 aromatic rings. The summed E-state index contributed by atoms with van der Waals surface area (Å²) in [7, 11) is 3.97. The van der Waals surface area contributed by atoms with Crippen molar-refractivity contribution in [2.45, 2.75) is 12.8 Å². The molecule has 0 saturated carbocycles. The lowest BCUT2D eigenvalue weighted by Gasteiger charge is -2.14. The second-order valence-electron chi connectivity index (χ2n) is 3.85. The Balaban J connectivity index is 2.80. The Labute approximate surface area is 85.8 Å². The zero-order valence-electron chi connectivity index (χ0n) is 8.99. The minimum Gasteiger partial charge on any atom is -0.308 e. The monoisotopic (exact) mass is 188 g/mol. The van der Waals surface area contributed by atoms with Gasteiger partial charge in [0.15, 0.2) is 0 Å². The van der Waals surface area contributed by atoms with E-state index in [9.17, 15) is 0 Å². The number of rotatable bonds is 3. The van der Waals surface area contributed by atoms with Gasteiger partial charge >= 0.3 is 0 Å². The van der Waals surface area contributed by atoms with Crippen LogP contribution >= 0.6 is 0 Å². The quantitative estimate of drug-likeness (QED) is 0.726. The second-order valence-corrected chi connectivity index (χ2v) is 3.85. The van der Waals surface area contributed by atoms with Gasteiger partial charge in [-0.2, -0.15) is 5.26 Å². The summed E-state index contributed by atoms with van der Waals surface area (Å²) in [5.41, 5.74) is 2.34. The highest BCUT2D eigenvalue weighted by Crippen LogP contribution is 2.16. The predicted octanol–water partition coefficient (Wildman–Crippen LogP) is 2.16. The molecule has 0 saturated heterocycles. The number of hydrogen-bond donors (Lipinski definition) is 0. The average molecular weight is 188 g/mol. The van der Waals surface area contributed by atoms with E-state index < -0.39 is 0 Å². The molecule has 0 amide bonds. The van der Waals surface area contributed by atoms with Crippen molar-refractivity contribution in [2.24, 2.45) is 0 Å².